The predicted molar refractivity (Wildman–Crippen MR) is 107 cm³/mol. The SMILES string of the molecule is NC(N)=NN=CCc1c(-c2ccc(Br)cc2)[nH]c2ccc(Br)cc12. The summed E-state index contributed by atoms with van der Waals surface area (Å²) in [6.07, 6.45) is 2.31. The van der Waals surface area contributed by atoms with Gasteiger partial charge in [-0.1, -0.05) is 44.0 Å². The van der Waals surface area contributed by atoms with Gasteiger partial charge < -0.3 is 16.5 Å². The van der Waals surface area contributed by atoms with Crippen molar-refractivity contribution in [1.82, 2.24) is 4.98 Å². The Morgan fingerprint density at radius 2 is 1.75 bits per heavy atom. The number of fused-ring (bicyclic) bond motifs is 1. The second kappa shape index (κ2) is 7.19. The van der Waals surface area contributed by atoms with E-state index in [9.17, 15) is 0 Å². The molecule has 3 aromatic rings. The van der Waals surface area contributed by atoms with Crippen molar-refractivity contribution in [2.45, 2.75) is 6.42 Å². The highest BCUT2D eigenvalue weighted by Gasteiger charge is 2.12. The molecule has 0 amide bonds. The fourth-order valence-electron chi connectivity index (χ4n) is 2.53. The van der Waals surface area contributed by atoms with E-state index in [1.807, 2.05) is 18.2 Å². The van der Waals surface area contributed by atoms with Gasteiger partial charge in [0.05, 0.1) is 5.69 Å². The second-order valence-corrected chi connectivity index (χ2v) is 7.03. The number of aromatic nitrogens is 1. The summed E-state index contributed by atoms with van der Waals surface area (Å²) >= 11 is 7.00. The molecule has 0 radical (unpaired) electrons. The zero-order valence-corrected chi connectivity index (χ0v) is 15.8. The van der Waals surface area contributed by atoms with Crippen molar-refractivity contribution in [2.24, 2.45) is 21.7 Å². The fourth-order valence-corrected chi connectivity index (χ4v) is 3.16. The van der Waals surface area contributed by atoms with Gasteiger partial charge in [-0.25, -0.2) is 0 Å². The molecular weight excluding hydrogens is 434 g/mol. The van der Waals surface area contributed by atoms with Crippen LogP contribution >= 0.6 is 31.9 Å². The Balaban J connectivity index is 2.10. The smallest absolute Gasteiger partial charge is 0.211 e. The van der Waals surface area contributed by atoms with Gasteiger partial charge in [-0.2, -0.15) is 5.10 Å². The van der Waals surface area contributed by atoms with E-state index in [-0.39, 0.29) is 5.96 Å². The molecule has 122 valence electrons. The number of benzene rings is 2. The summed E-state index contributed by atoms with van der Waals surface area (Å²) < 4.78 is 2.07. The Kier molecular flexibility index (Phi) is 5.01. The maximum Gasteiger partial charge on any atom is 0.211 e. The van der Waals surface area contributed by atoms with Gasteiger partial charge in [-0.3, -0.25) is 0 Å². The van der Waals surface area contributed by atoms with Crippen molar-refractivity contribution in [1.29, 1.82) is 0 Å². The van der Waals surface area contributed by atoms with Gasteiger partial charge in [-0.15, -0.1) is 5.10 Å². The minimum atomic E-state index is -0.0546. The first-order valence-electron chi connectivity index (χ1n) is 7.21. The number of aromatic amines is 1. The molecule has 0 saturated carbocycles. The van der Waals surface area contributed by atoms with Crippen LogP contribution in [0.3, 0.4) is 0 Å². The lowest BCUT2D eigenvalue weighted by atomic mass is 10.0. The largest absolute Gasteiger partial charge is 0.369 e. The Morgan fingerprint density at radius 3 is 2.46 bits per heavy atom. The van der Waals surface area contributed by atoms with E-state index in [1.54, 1.807) is 6.21 Å². The highest BCUT2D eigenvalue weighted by molar-refractivity contribution is 9.10. The summed E-state index contributed by atoms with van der Waals surface area (Å²) in [6, 6.07) is 14.3. The van der Waals surface area contributed by atoms with E-state index in [0.717, 1.165) is 36.7 Å². The minimum Gasteiger partial charge on any atom is -0.369 e. The lowest BCUT2D eigenvalue weighted by Gasteiger charge is -2.03. The van der Waals surface area contributed by atoms with E-state index in [4.69, 9.17) is 11.5 Å². The number of nitrogens with two attached hydrogens (primary N) is 2. The van der Waals surface area contributed by atoms with Crippen LogP contribution in [0.4, 0.5) is 0 Å². The summed E-state index contributed by atoms with van der Waals surface area (Å²) in [5, 5.41) is 8.69. The van der Waals surface area contributed by atoms with Gasteiger partial charge >= 0.3 is 0 Å². The Bertz CT molecular complexity index is 922. The summed E-state index contributed by atoms with van der Waals surface area (Å²) in [6.45, 7) is 0. The molecule has 2 aromatic carbocycles. The quantitative estimate of drug-likeness (QED) is 0.317. The van der Waals surface area contributed by atoms with Crippen LogP contribution in [0.25, 0.3) is 22.2 Å². The molecule has 0 aliphatic heterocycles. The summed E-state index contributed by atoms with van der Waals surface area (Å²) in [4.78, 5) is 3.49. The van der Waals surface area contributed by atoms with Crippen LogP contribution < -0.4 is 11.5 Å². The van der Waals surface area contributed by atoms with Gasteiger partial charge in [0, 0.05) is 32.5 Å². The summed E-state index contributed by atoms with van der Waals surface area (Å²) in [7, 11) is 0. The average Bonchev–Trinajstić information content (AvgIpc) is 2.90. The van der Waals surface area contributed by atoms with Gasteiger partial charge in [0.2, 0.25) is 5.96 Å². The minimum absolute atomic E-state index is 0.0546. The Hall–Kier alpha value is -2.12. The van der Waals surface area contributed by atoms with Crippen molar-refractivity contribution < 1.29 is 0 Å². The molecule has 0 fully saturated rings. The van der Waals surface area contributed by atoms with Crippen LogP contribution in [0.5, 0.6) is 0 Å². The number of hydrogen-bond donors (Lipinski definition) is 3. The molecule has 0 saturated heterocycles. The van der Waals surface area contributed by atoms with Gasteiger partial charge in [0.25, 0.3) is 0 Å². The standard InChI is InChI=1S/C17H15Br2N5/c18-11-3-1-10(2-4-11)16-13(7-8-22-24-17(20)21)14-9-12(19)5-6-15(14)23-16/h1-6,8-9,23H,7H2,(H4,20,21,24). The molecule has 5 nitrogen and oxygen atoms in total. The molecule has 0 unspecified atom stereocenters. The number of nitrogens with one attached hydrogen (secondary N) is 1. The zero-order valence-electron chi connectivity index (χ0n) is 12.6. The van der Waals surface area contributed by atoms with E-state index in [0.29, 0.717) is 6.42 Å². The maximum absolute atomic E-state index is 5.29. The Morgan fingerprint density at radius 1 is 1.04 bits per heavy atom. The first-order chi connectivity index (χ1) is 11.5. The maximum atomic E-state index is 5.29. The molecule has 0 bridgehead atoms. The normalized spacial score (nSPS) is 11.2. The zero-order chi connectivity index (χ0) is 17.1. The van der Waals surface area contributed by atoms with Gasteiger partial charge in [0.15, 0.2) is 0 Å². The van der Waals surface area contributed by atoms with Gasteiger partial charge in [-0.05, 0) is 41.5 Å². The molecule has 0 spiro atoms. The molecule has 0 aliphatic rings. The van der Waals surface area contributed by atoms with Crippen molar-refractivity contribution in [3.63, 3.8) is 0 Å². The first kappa shape index (κ1) is 16.7. The van der Waals surface area contributed by atoms with E-state index in [1.165, 1.54) is 0 Å². The summed E-state index contributed by atoms with van der Waals surface area (Å²) in [5.74, 6) is -0.0546. The number of nitrogens with zero attached hydrogens (tertiary/aromatic N) is 2. The lowest BCUT2D eigenvalue weighted by Crippen LogP contribution is -2.21. The van der Waals surface area contributed by atoms with E-state index >= 15 is 0 Å². The van der Waals surface area contributed by atoms with Crippen molar-refractivity contribution >= 4 is 54.9 Å². The van der Waals surface area contributed by atoms with Crippen LogP contribution in [0.2, 0.25) is 0 Å². The number of hydrogen-bond acceptors (Lipinski definition) is 2. The predicted octanol–water partition coefficient (Wildman–Crippen LogP) is 4.16. The number of H-pyrrole nitrogens is 1. The third-order valence-electron chi connectivity index (χ3n) is 3.55. The van der Waals surface area contributed by atoms with E-state index < -0.39 is 0 Å². The van der Waals surface area contributed by atoms with Gasteiger partial charge in [0.1, 0.15) is 0 Å². The third kappa shape index (κ3) is 3.68. The lowest BCUT2D eigenvalue weighted by molar-refractivity contribution is 1.19. The van der Waals surface area contributed by atoms with Crippen molar-refractivity contribution in [3.8, 4) is 11.3 Å². The second-order valence-electron chi connectivity index (χ2n) is 5.20. The molecular formula is C17H15Br2N5. The highest BCUT2D eigenvalue weighted by Crippen LogP contribution is 2.32. The fraction of sp³-hybridized carbons (Fsp3) is 0.0588. The Labute approximate surface area is 156 Å². The van der Waals surface area contributed by atoms with Crippen LogP contribution in [-0.4, -0.2) is 17.2 Å². The molecule has 7 heteroatoms. The first-order valence-corrected chi connectivity index (χ1v) is 8.79. The number of halogens is 2. The monoisotopic (exact) mass is 447 g/mol. The molecule has 0 atom stereocenters. The highest BCUT2D eigenvalue weighted by atomic mass is 79.9. The van der Waals surface area contributed by atoms with Crippen LogP contribution in [0.1, 0.15) is 5.56 Å². The van der Waals surface area contributed by atoms with Crippen molar-refractivity contribution in [3.05, 3.63) is 57.0 Å². The molecule has 5 N–H and O–H groups in total. The van der Waals surface area contributed by atoms with Crippen LogP contribution in [0.15, 0.2) is 61.6 Å². The molecule has 3 rings (SSSR count). The third-order valence-corrected chi connectivity index (χ3v) is 4.57. The van der Waals surface area contributed by atoms with Crippen molar-refractivity contribution in [2.75, 3.05) is 0 Å². The topological polar surface area (TPSA) is 92.6 Å². The number of guanidine groups is 1. The number of rotatable bonds is 4. The molecule has 1 aromatic heterocycles. The molecule has 0 aliphatic carbocycles. The summed E-state index contributed by atoms with van der Waals surface area (Å²) in [5.41, 5.74) is 15.0. The van der Waals surface area contributed by atoms with E-state index in [2.05, 4.69) is 71.3 Å². The molecule has 24 heavy (non-hydrogen) atoms. The molecule has 1 heterocycles. The average molecular weight is 449 g/mol. The van der Waals surface area contributed by atoms with Crippen LogP contribution in [-0.2, 0) is 6.42 Å². The van der Waals surface area contributed by atoms with Crippen LogP contribution in [0, 0.1) is 0 Å².